The molecule has 4 rings (SSSR count). The number of rotatable bonds is 5. The van der Waals surface area contributed by atoms with Crippen molar-refractivity contribution in [2.45, 2.75) is 84.0 Å². The van der Waals surface area contributed by atoms with Gasteiger partial charge in [0, 0.05) is 43.8 Å². The largest absolute Gasteiger partial charge is 0.301 e. The number of hydrogen-bond donors (Lipinski definition) is 0. The van der Waals surface area contributed by atoms with E-state index in [1.54, 1.807) is 0 Å². The summed E-state index contributed by atoms with van der Waals surface area (Å²) < 4.78 is 0. The van der Waals surface area contributed by atoms with E-state index >= 15 is 0 Å². The van der Waals surface area contributed by atoms with Crippen LogP contribution in [0.3, 0.4) is 0 Å². The molecule has 2 atom stereocenters. The van der Waals surface area contributed by atoms with Crippen molar-refractivity contribution >= 4 is 0 Å². The summed E-state index contributed by atoms with van der Waals surface area (Å²) in [6, 6.07) is 3.45. The third kappa shape index (κ3) is 3.29. The Hall–Kier alpha value is -0.120. The van der Waals surface area contributed by atoms with Gasteiger partial charge >= 0.3 is 0 Å². The maximum Gasteiger partial charge on any atom is 0.0242 e. The van der Waals surface area contributed by atoms with Crippen LogP contribution in [0.5, 0.6) is 0 Å². The van der Waals surface area contributed by atoms with Crippen molar-refractivity contribution < 1.29 is 0 Å². The van der Waals surface area contributed by atoms with Gasteiger partial charge in [-0.15, -0.1) is 0 Å². The zero-order chi connectivity index (χ0) is 16.8. The highest BCUT2D eigenvalue weighted by molar-refractivity contribution is 5.04. The van der Waals surface area contributed by atoms with Crippen LogP contribution in [-0.4, -0.2) is 71.6 Å². The third-order valence-electron chi connectivity index (χ3n) is 7.83. The molecule has 24 heavy (non-hydrogen) atoms. The molecule has 4 aliphatic rings. The molecule has 0 spiro atoms. The molecule has 138 valence electrons. The summed E-state index contributed by atoms with van der Waals surface area (Å²) >= 11 is 0. The van der Waals surface area contributed by atoms with Gasteiger partial charge in [0.15, 0.2) is 0 Å². The van der Waals surface area contributed by atoms with Gasteiger partial charge in [0.2, 0.25) is 0 Å². The van der Waals surface area contributed by atoms with Gasteiger partial charge in [-0.25, -0.2) is 0 Å². The van der Waals surface area contributed by atoms with Crippen molar-refractivity contribution in [2.24, 2.45) is 17.8 Å². The molecular formula is C21H39N3. The molecule has 3 aliphatic heterocycles. The smallest absolute Gasteiger partial charge is 0.0242 e. The molecule has 1 aliphatic carbocycles. The minimum Gasteiger partial charge on any atom is -0.301 e. The summed E-state index contributed by atoms with van der Waals surface area (Å²) in [5.41, 5.74) is 0. The average Bonchev–Trinajstić information content (AvgIpc) is 3.06. The van der Waals surface area contributed by atoms with Crippen LogP contribution in [0.2, 0.25) is 0 Å². The van der Waals surface area contributed by atoms with Crippen molar-refractivity contribution in [3.63, 3.8) is 0 Å². The fraction of sp³-hybridized carbons (Fsp3) is 1.00. The molecule has 3 heteroatoms. The Morgan fingerprint density at radius 1 is 0.833 bits per heavy atom. The molecule has 0 radical (unpaired) electrons. The normalized spacial score (nSPS) is 39.2. The number of hydrogen-bond acceptors (Lipinski definition) is 3. The van der Waals surface area contributed by atoms with Crippen molar-refractivity contribution in [3.8, 4) is 0 Å². The van der Waals surface area contributed by atoms with Crippen LogP contribution in [-0.2, 0) is 0 Å². The van der Waals surface area contributed by atoms with E-state index in [0.717, 1.165) is 41.9 Å². The third-order valence-corrected chi connectivity index (χ3v) is 7.83. The fourth-order valence-corrected chi connectivity index (χ4v) is 5.88. The zero-order valence-electron chi connectivity index (χ0n) is 16.5. The van der Waals surface area contributed by atoms with E-state index in [0.29, 0.717) is 0 Å². The Morgan fingerprint density at radius 3 is 2.08 bits per heavy atom. The maximum absolute atomic E-state index is 2.90. The minimum absolute atomic E-state index is 0.736. The maximum atomic E-state index is 2.90. The van der Waals surface area contributed by atoms with Crippen LogP contribution >= 0.6 is 0 Å². The Bertz CT molecular complexity index is 421. The molecule has 0 N–H and O–H groups in total. The Morgan fingerprint density at radius 2 is 1.54 bits per heavy atom. The van der Waals surface area contributed by atoms with E-state index in [4.69, 9.17) is 0 Å². The first-order chi connectivity index (χ1) is 11.5. The van der Waals surface area contributed by atoms with Crippen LogP contribution in [0.15, 0.2) is 0 Å². The molecule has 0 aromatic rings. The van der Waals surface area contributed by atoms with Gasteiger partial charge in [-0.3, -0.25) is 9.80 Å². The highest BCUT2D eigenvalue weighted by Crippen LogP contribution is 2.43. The molecule has 3 heterocycles. The summed E-state index contributed by atoms with van der Waals surface area (Å²) in [5, 5.41) is 0. The summed E-state index contributed by atoms with van der Waals surface area (Å²) in [5.74, 6) is 2.87. The lowest BCUT2D eigenvalue weighted by Gasteiger charge is -2.48. The number of nitrogens with zero attached hydrogens (tertiary/aromatic N) is 3. The molecule has 0 aromatic heterocycles. The summed E-state index contributed by atoms with van der Waals surface area (Å²) in [6.07, 6.45) is 7.28. The lowest BCUT2D eigenvalue weighted by molar-refractivity contribution is 0.00898. The van der Waals surface area contributed by atoms with E-state index in [1.807, 2.05) is 0 Å². The molecule has 3 nitrogen and oxygen atoms in total. The van der Waals surface area contributed by atoms with Crippen LogP contribution in [0, 0.1) is 17.8 Å². The van der Waals surface area contributed by atoms with Gasteiger partial charge in [-0.2, -0.15) is 0 Å². The molecule has 1 saturated carbocycles. The molecule has 3 saturated heterocycles. The van der Waals surface area contributed by atoms with Crippen molar-refractivity contribution in [1.29, 1.82) is 0 Å². The molecular weight excluding hydrogens is 294 g/mol. The quantitative estimate of drug-likeness (QED) is 0.764. The van der Waals surface area contributed by atoms with Crippen LogP contribution in [0.4, 0.5) is 0 Å². The van der Waals surface area contributed by atoms with E-state index in [2.05, 4.69) is 42.4 Å². The number of piperazine rings is 1. The van der Waals surface area contributed by atoms with Crippen molar-refractivity contribution in [3.05, 3.63) is 0 Å². The Kier molecular flexibility index (Phi) is 4.96. The zero-order valence-corrected chi connectivity index (χ0v) is 16.5. The van der Waals surface area contributed by atoms with Crippen molar-refractivity contribution in [1.82, 2.24) is 14.7 Å². The predicted molar refractivity (Wildman–Crippen MR) is 101 cm³/mol. The standard InChI is InChI=1S/C21H39N3/c1-15(2)18-9-19(10-18)24-14-20-11-21(24)13-23(20)12-17-5-7-22(8-6-17)16(3)4/h15-21H,5-14H2,1-4H3/t18?,19?,20-,21-/m0/s1. The van der Waals surface area contributed by atoms with E-state index in [-0.39, 0.29) is 0 Å². The minimum atomic E-state index is 0.736. The number of piperidine rings is 1. The van der Waals surface area contributed by atoms with Gasteiger partial charge in [0.25, 0.3) is 0 Å². The van der Waals surface area contributed by atoms with Gasteiger partial charge in [-0.05, 0) is 76.8 Å². The van der Waals surface area contributed by atoms with Gasteiger partial charge in [0.1, 0.15) is 0 Å². The SMILES string of the molecule is CC(C)C1CC(N2C[C@@H]3C[C@H]2CN3CC2CCN(C(C)C)CC2)C1. The fourth-order valence-electron chi connectivity index (χ4n) is 5.88. The summed E-state index contributed by atoms with van der Waals surface area (Å²) in [4.78, 5) is 8.44. The van der Waals surface area contributed by atoms with Crippen LogP contribution < -0.4 is 0 Å². The van der Waals surface area contributed by atoms with Crippen LogP contribution in [0.25, 0.3) is 0 Å². The lowest BCUT2D eigenvalue weighted by Crippen LogP contribution is -2.55. The van der Waals surface area contributed by atoms with Crippen molar-refractivity contribution in [2.75, 3.05) is 32.7 Å². The topological polar surface area (TPSA) is 9.72 Å². The lowest BCUT2D eigenvalue weighted by atomic mass is 9.73. The second kappa shape index (κ2) is 6.89. The second-order valence-electron chi connectivity index (χ2n) is 9.90. The molecule has 0 unspecified atom stereocenters. The molecule has 0 aromatic carbocycles. The Labute approximate surface area is 149 Å². The first-order valence-corrected chi connectivity index (χ1v) is 10.7. The number of fused-ring (bicyclic) bond motifs is 2. The average molecular weight is 334 g/mol. The predicted octanol–water partition coefficient (Wildman–Crippen LogP) is 3.30. The highest BCUT2D eigenvalue weighted by atomic mass is 15.4. The molecule has 0 amide bonds. The highest BCUT2D eigenvalue weighted by Gasteiger charge is 2.48. The van der Waals surface area contributed by atoms with Gasteiger partial charge < -0.3 is 4.90 Å². The molecule has 4 fully saturated rings. The molecule has 2 bridgehead atoms. The van der Waals surface area contributed by atoms with Gasteiger partial charge in [0.05, 0.1) is 0 Å². The summed E-state index contributed by atoms with van der Waals surface area (Å²) in [7, 11) is 0. The first-order valence-electron chi connectivity index (χ1n) is 10.7. The summed E-state index contributed by atoms with van der Waals surface area (Å²) in [6.45, 7) is 16.3. The van der Waals surface area contributed by atoms with E-state index in [9.17, 15) is 0 Å². The second-order valence-corrected chi connectivity index (χ2v) is 9.90. The monoisotopic (exact) mass is 333 g/mol. The van der Waals surface area contributed by atoms with Gasteiger partial charge in [-0.1, -0.05) is 13.8 Å². The van der Waals surface area contributed by atoms with Crippen LogP contribution in [0.1, 0.15) is 59.8 Å². The van der Waals surface area contributed by atoms with E-state index in [1.165, 1.54) is 64.8 Å². The van der Waals surface area contributed by atoms with E-state index < -0.39 is 0 Å². The first kappa shape index (κ1) is 17.3. The number of likely N-dealkylation sites (tertiary alicyclic amines) is 3. The Balaban J connectivity index is 1.22.